The molecule has 0 bridgehead atoms. The van der Waals surface area contributed by atoms with Crippen molar-refractivity contribution in [1.29, 1.82) is 0 Å². The van der Waals surface area contributed by atoms with Crippen LogP contribution < -0.4 is 10.9 Å². The van der Waals surface area contributed by atoms with Crippen molar-refractivity contribution in [3.63, 3.8) is 0 Å². The van der Waals surface area contributed by atoms with E-state index in [4.69, 9.17) is 28.2 Å². The fourth-order valence-electron chi connectivity index (χ4n) is 3.82. The first kappa shape index (κ1) is 21.3. The number of carbonyl (C=O) groups excluding carboxylic acids is 1. The van der Waals surface area contributed by atoms with Crippen LogP contribution in [0.3, 0.4) is 0 Å². The first-order valence-electron chi connectivity index (χ1n) is 9.76. The zero-order valence-corrected chi connectivity index (χ0v) is 19.1. The van der Waals surface area contributed by atoms with Crippen molar-refractivity contribution in [2.45, 2.75) is 38.8 Å². The third-order valence-electron chi connectivity index (χ3n) is 5.06. The van der Waals surface area contributed by atoms with E-state index in [2.05, 4.69) is 5.32 Å². The van der Waals surface area contributed by atoms with Gasteiger partial charge < -0.3 is 10.2 Å². The molecule has 2 heterocycles. The number of nitrogens with one attached hydrogen (secondary N) is 1. The van der Waals surface area contributed by atoms with Gasteiger partial charge in [0.1, 0.15) is 17.2 Å². The second-order valence-electron chi connectivity index (χ2n) is 7.75. The third-order valence-corrected chi connectivity index (χ3v) is 6.68. The number of rotatable bonds is 5. The van der Waals surface area contributed by atoms with Crippen LogP contribution in [0.25, 0.3) is 10.2 Å². The third kappa shape index (κ3) is 4.39. The van der Waals surface area contributed by atoms with Gasteiger partial charge in [0.15, 0.2) is 0 Å². The summed E-state index contributed by atoms with van der Waals surface area (Å²) >= 11 is 13.6. The number of thiophene rings is 1. The van der Waals surface area contributed by atoms with Crippen molar-refractivity contribution in [3.05, 3.63) is 54.9 Å². The smallest absolute Gasteiger partial charge is 0.263 e. The van der Waals surface area contributed by atoms with Crippen LogP contribution in [0, 0.1) is 0 Å². The zero-order chi connectivity index (χ0) is 21.4. The molecule has 158 valence electrons. The summed E-state index contributed by atoms with van der Waals surface area (Å²) in [6, 6.07) is 4.83. The van der Waals surface area contributed by atoms with Gasteiger partial charge in [-0.1, -0.05) is 23.2 Å². The number of anilines is 1. The molecule has 4 rings (SSSR count). The Morgan fingerprint density at radius 1 is 1.20 bits per heavy atom. The summed E-state index contributed by atoms with van der Waals surface area (Å²) in [5.41, 5.74) is 1.46. The summed E-state index contributed by atoms with van der Waals surface area (Å²) in [5.74, 6) is 0.246. The van der Waals surface area contributed by atoms with Gasteiger partial charge in [0.25, 0.3) is 5.56 Å². The molecule has 1 aliphatic rings. The lowest BCUT2D eigenvalue weighted by Gasteiger charge is -2.16. The monoisotopic (exact) mass is 464 g/mol. The lowest BCUT2D eigenvalue weighted by molar-refractivity contribution is -0.116. The van der Waals surface area contributed by atoms with E-state index in [0.717, 1.165) is 36.1 Å². The highest BCUT2D eigenvalue weighted by atomic mass is 35.5. The molecule has 1 N–H and O–H groups in total. The molecule has 1 amide bonds. The van der Waals surface area contributed by atoms with E-state index < -0.39 is 0 Å². The second-order valence-corrected chi connectivity index (χ2v) is 9.71. The molecule has 3 aromatic rings. The van der Waals surface area contributed by atoms with Gasteiger partial charge in [-0.3, -0.25) is 14.2 Å². The highest BCUT2D eigenvalue weighted by molar-refractivity contribution is 7.18. The minimum Gasteiger partial charge on any atom is -0.324 e. The van der Waals surface area contributed by atoms with Gasteiger partial charge in [0.2, 0.25) is 5.91 Å². The summed E-state index contributed by atoms with van der Waals surface area (Å²) in [6.07, 6.45) is 4.11. The van der Waals surface area contributed by atoms with E-state index in [1.54, 1.807) is 29.5 Å². The average molecular weight is 465 g/mol. The number of amides is 1. The number of nitrogens with zero attached hydrogens (tertiary/aromatic N) is 3. The zero-order valence-electron chi connectivity index (χ0n) is 16.8. The minimum atomic E-state index is -0.333. The van der Waals surface area contributed by atoms with E-state index in [1.807, 2.05) is 19.0 Å². The van der Waals surface area contributed by atoms with Crippen molar-refractivity contribution in [2.24, 2.45) is 0 Å². The van der Waals surface area contributed by atoms with Crippen LogP contribution in [0.2, 0.25) is 10.0 Å². The molecule has 0 spiro atoms. The summed E-state index contributed by atoms with van der Waals surface area (Å²) in [4.78, 5) is 35.0. The molecule has 0 saturated carbocycles. The molecule has 0 aliphatic heterocycles. The summed E-state index contributed by atoms with van der Waals surface area (Å²) < 4.78 is 1.49. The lowest BCUT2D eigenvalue weighted by atomic mass is 9.97. The van der Waals surface area contributed by atoms with Crippen LogP contribution in [0.1, 0.15) is 29.1 Å². The molecule has 0 radical (unpaired) electrons. The van der Waals surface area contributed by atoms with E-state index in [9.17, 15) is 9.59 Å². The van der Waals surface area contributed by atoms with E-state index in [0.29, 0.717) is 33.5 Å². The summed E-state index contributed by atoms with van der Waals surface area (Å²) in [6.45, 7) is 0.337. The summed E-state index contributed by atoms with van der Waals surface area (Å²) in [7, 11) is 3.82. The Kier molecular flexibility index (Phi) is 6.16. The van der Waals surface area contributed by atoms with Crippen LogP contribution in [0.4, 0.5) is 5.69 Å². The molecular weight excluding hydrogens is 443 g/mol. The Bertz CT molecular complexity index is 1170. The van der Waals surface area contributed by atoms with Gasteiger partial charge in [0, 0.05) is 20.6 Å². The number of hydrogen-bond acceptors (Lipinski definition) is 5. The van der Waals surface area contributed by atoms with Crippen molar-refractivity contribution >= 4 is 56.3 Å². The topological polar surface area (TPSA) is 67.2 Å². The predicted octanol–water partition coefficient (Wildman–Crippen LogP) is 4.34. The quantitative estimate of drug-likeness (QED) is 0.609. The Hall–Kier alpha value is -1.93. The molecule has 0 fully saturated rings. The van der Waals surface area contributed by atoms with E-state index in [-0.39, 0.29) is 18.0 Å². The fraction of sp³-hybridized carbons (Fsp3) is 0.381. The molecule has 9 heteroatoms. The second kappa shape index (κ2) is 8.67. The van der Waals surface area contributed by atoms with Crippen LogP contribution in [0.15, 0.2) is 23.0 Å². The molecule has 2 aromatic heterocycles. The molecule has 6 nitrogen and oxygen atoms in total. The first-order chi connectivity index (χ1) is 14.3. The maximum atomic E-state index is 13.4. The number of aromatic nitrogens is 2. The molecule has 0 atom stereocenters. The van der Waals surface area contributed by atoms with Gasteiger partial charge in [-0.2, -0.15) is 0 Å². The van der Waals surface area contributed by atoms with Gasteiger partial charge in [-0.15, -0.1) is 11.3 Å². The molecule has 0 unspecified atom stereocenters. The molecule has 1 aliphatic carbocycles. The van der Waals surface area contributed by atoms with Gasteiger partial charge in [-0.25, -0.2) is 4.98 Å². The lowest BCUT2D eigenvalue weighted by Crippen LogP contribution is -2.33. The Labute approximate surface area is 188 Å². The van der Waals surface area contributed by atoms with Crippen LogP contribution in [0.5, 0.6) is 0 Å². The Morgan fingerprint density at radius 2 is 1.90 bits per heavy atom. The SMILES string of the molecule is CN(C)Cc1nc2sc3c(c2c(=O)n1CC(=O)Nc1cc(Cl)cc(Cl)c1)CCCC3. The molecule has 30 heavy (non-hydrogen) atoms. The summed E-state index contributed by atoms with van der Waals surface area (Å²) in [5, 5.41) is 4.31. The van der Waals surface area contributed by atoms with Crippen molar-refractivity contribution in [3.8, 4) is 0 Å². The van der Waals surface area contributed by atoms with E-state index >= 15 is 0 Å². The highest BCUT2D eigenvalue weighted by Gasteiger charge is 2.23. The number of halogens is 2. The maximum Gasteiger partial charge on any atom is 0.263 e. The molecular formula is C21H22Cl2N4O2S. The minimum absolute atomic E-state index is 0.125. The normalized spacial score (nSPS) is 13.6. The van der Waals surface area contributed by atoms with Crippen LogP contribution in [-0.4, -0.2) is 34.5 Å². The first-order valence-corrected chi connectivity index (χ1v) is 11.3. The fourth-order valence-corrected chi connectivity index (χ4v) is 5.61. The van der Waals surface area contributed by atoms with Crippen LogP contribution >= 0.6 is 34.5 Å². The number of fused-ring (bicyclic) bond motifs is 3. The molecule has 0 saturated heterocycles. The highest BCUT2D eigenvalue weighted by Crippen LogP contribution is 2.34. The number of aryl methyl sites for hydroxylation is 2. The number of benzene rings is 1. The maximum absolute atomic E-state index is 13.4. The average Bonchev–Trinajstić information content (AvgIpc) is 3.02. The van der Waals surface area contributed by atoms with Gasteiger partial charge in [0.05, 0.1) is 11.9 Å². The van der Waals surface area contributed by atoms with Crippen LogP contribution in [-0.2, 0) is 30.7 Å². The van der Waals surface area contributed by atoms with Crippen molar-refractivity contribution in [1.82, 2.24) is 14.5 Å². The Morgan fingerprint density at radius 3 is 2.60 bits per heavy atom. The van der Waals surface area contributed by atoms with Crippen molar-refractivity contribution < 1.29 is 4.79 Å². The van der Waals surface area contributed by atoms with E-state index in [1.165, 1.54) is 9.44 Å². The largest absolute Gasteiger partial charge is 0.324 e. The molecule has 1 aromatic carbocycles. The predicted molar refractivity (Wildman–Crippen MR) is 123 cm³/mol. The van der Waals surface area contributed by atoms with Gasteiger partial charge >= 0.3 is 0 Å². The van der Waals surface area contributed by atoms with Gasteiger partial charge in [-0.05, 0) is 63.5 Å². The standard InChI is InChI=1S/C21H22Cl2N4O2S/c1-26(2)10-17-25-20-19(15-5-3-4-6-16(15)30-20)21(29)27(17)11-18(28)24-14-8-12(22)7-13(23)9-14/h7-9H,3-6,10-11H2,1-2H3,(H,24,28). The Balaban J connectivity index is 1.73. The van der Waals surface area contributed by atoms with Crippen molar-refractivity contribution in [2.75, 3.05) is 19.4 Å². The number of hydrogen-bond donors (Lipinski definition) is 1. The number of carbonyl (C=O) groups is 1.